The maximum Gasteiger partial charge on any atom is 0.251 e. The van der Waals surface area contributed by atoms with E-state index in [1.165, 1.54) is 6.07 Å². The molecular weight excluding hydrogens is 342 g/mol. The summed E-state index contributed by atoms with van der Waals surface area (Å²) in [6, 6.07) is 10.2. The van der Waals surface area contributed by atoms with Crippen molar-refractivity contribution in [2.45, 2.75) is 52.6 Å². The van der Waals surface area contributed by atoms with Crippen LogP contribution in [-0.2, 0) is 6.54 Å². The quantitative estimate of drug-likeness (QED) is 0.701. The van der Waals surface area contributed by atoms with Crippen molar-refractivity contribution in [2.75, 3.05) is 0 Å². The Kier molecular flexibility index (Phi) is 6.93. The molecule has 1 aromatic carbocycles. The standard InChI is InChI=1S/C21H27N3O3/c1-5-14(4)23-21(27)16-8-6-15(7-9-16)12-22-20(26)17-10-18(13(2)3)24-19(25)11-17/h6-11,13-14H,5,12H2,1-4H3,(H,22,26)(H,23,27)(H,24,25). The van der Waals surface area contributed by atoms with Crippen LogP contribution in [0.5, 0.6) is 0 Å². The molecule has 1 heterocycles. The first-order valence-corrected chi connectivity index (χ1v) is 9.22. The predicted octanol–water partition coefficient (Wildman–Crippen LogP) is 2.96. The number of pyridine rings is 1. The number of benzene rings is 1. The highest BCUT2D eigenvalue weighted by molar-refractivity contribution is 5.95. The fraction of sp³-hybridized carbons (Fsp3) is 0.381. The molecular formula is C21H27N3O3. The summed E-state index contributed by atoms with van der Waals surface area (Å²) in [5, 5.41) is 5.72. The van der Waals surface area contributed by atoms with Gasteiger partial charge in [0.05, 0.1) is 0 Å². The maximum absolute atomic E-state index is 12.3. The van der Waals surface area contributed by atoms with Crippen molar-refractivity contribution in [3.63, 3.8) is 0 Å². The molecule has 2 aromatic rings. The van der Waals surface area contributed by atoms with Gasteiger partial charge in [-0.15, -0.1) is 0 Å². The molecule has 6 nitrogen and oxygen atoms in total. The van der Waals surface area contributed by atoms with Crippen molar-refractivity contribution >= 4 is 11.8 Å². The Bertz CT molecular complexity index is 854. The lowest BCUT2D eigenvalue weighted by Crippen LogP contribution is -2.31. The molecule has 0 aliphatic carbocycles. The molecule has 1 aromatic heterocycles. The monoisotopic (exact) mass is 369 g/mol. The number of nitrogens with one attached hydrogen (secondary N) is 3. The van der Waals surface area contributed by atoms with Gasteiger partial charge in [-0.1, -0.05) is 32.9 Å². The third-order valence-corrected chi connectivity index (χ3v) is 4.41. The van der Waals surface area contributed by atoms with Crippen LogP contribution in [0.1, 0.15) is 72.0 Å². The average Bonchev–Trinajstić information content (AvgIpc) is 2.65. The van der Waals surface area contributed by atoms with Crippen LogP contribution in [0.3, 0.4) is 0 Å². The molecule has 1 atom stereocenters. The van der Waals surface area contributed by atoms with Crippen molar-refractivity contribution < 1.29 is 9.59 Å². The molecule has 2 amide bonds. The molecule has 3 N–H and O–H groups in total. The van der Waals surface area contributed by atoms with Crippen molar-refractivity contribution in [1.82, 2.24) is 15.6 Å². The summed E-state index contributed by atoms with van der Waals surface area (Å²) in [6.07, 6.45) is 0.872. The topological polar surface area (TPSA) is 91.1 Å². The number of aromatic amines is 1. The van der Waals surface area contributed by atoms with Gasteiger partial charge in [0.2, 0.25) is 5.56 Å². The van der Waals surface area contributed by atoms with Gasteiger partial charge in [-0.25, -0.2) is 0 Å². The second-order valence-electron chi connectivity index (χ2n) is 7.01. The number of aromatic nitrogens is 1. The second-order valence-corrected chi connectivity index (χ2v) is 7.01. The summed E-state index contributed by atoms with van der Waals surface area (Å²) in [7, 11) is 0. The molecule has 27 heavy (non-hydrogen) atoms. The van der Waals surface area contributed by atoms with Gasteiger partial charge < -0.3 is 15.6 Å². The van der Waals surface area contributed by atoms with Gasteiger partial charge in [0, 0.05) is 35.5 Å². The highest BCUT2D eigenvalue weighted by atomic mass is 16.2. The highest BCUT2D eigenvalue weighted by Gasteiger charge is 2.11. The molecule has 0 radical (unpaired) electrons. The third-order valence-electron chi connectivity index (χ3n) is 4.41. The molecule has 0 fully saturated rings. The molecule has 0 bridgehead atoms. The van der Waals surface area contributed by atoms with Gasteiger partial charge in [-0.2, -0.15) is 0 Å². The lowest BCUT2D eigenvalue weighted by Gasteiger charge is -2.12. The van der Waals surface area contributed by atoms with Gasteiger partial charge in [0.1, 0.15) is 0 Å². The first-order valence-electron chi connectivity index (χ1n) is 9.22. The summed E-state index contributed by atoms with van der Waals surface area (Å²) in [5.41, 5.74) is 2.23. The summed E-state index contributed by atoms with van der Waals surface area (Å²) < 4.78 is 0. The minimum Gasteiger partial charge on any atom is -0.350 e. The van der Waals surface area contributed by atoms with E-state index in [1.54, 1.807) is 18.2 Å². The normalized spacial score (nSPS) is 11.9. The predicted molar refractivity (Wildman–Crippen MR) is 106 cm³/mol. The minimum absolute atomic E-state index is 0.107. The number of amides is 2. The van der Waals surface area contributed by atoms with E-state index < -0.39 is 0 Å². The Morgan fingerprint density at radius 1 is 1.00 bits per heavy atom. The van der Waals surface area contributed by atoms with Crippen molar-refractivity contribution in [3.8, 4) is 0 Å². The first-order chi connectivity index (χ1) is 12.8. The number of H-pyrrole nitrogens is 1. The van der Waals surface area contributed by atoms with E-state index in [-0.39, 0.29) is 29.3 Å². The van der Waals surface area contributed by atoms with Crippen LogP contribution >= 0.6 is 0 Å². The summed E-state index contributed by atoms with van der Waals surface area (Å²) >= 11 is 0. The van der Waals surface area contributed by atoms with Crippen molar-refractivity contribution in [1.29, 1.82) is 0 Å². The Balaban J connectivity index is 1.99. The van der Waals surface area contributed by atoms with Gasteiger partial charge in [0.25, 0.3) is 11.8 Å². The van der Waals surface area contributed by atoms with Crippen LogP contribution in [-0.4, -0.2) is 22.8 Å². The maximum atomic E-state index is 12.3. The van der Waals surface area contributed by atoms with E-state index in [0.29, 0.717) is 17.7 Å². The summed E-state index contributed by atoms with van der Waals surface area (Å²) in [4.78, 5) is 38.9. The largest absolute Gasteiger partial charge is 0.350 e. The molecule has 144 valence electrons. The zero-order valence-electron chi connectivity index (χ0n) is 16.3. The molecule has 0 saturated heterocycles. The Hall–Kier alpha value is -2.89. The van der Waals surface area contributed by atoms with Crippen LogP contribution in [0.4, 0.5) is 0 Å². The average molecular weight is 369 g/mol. The Morgan fingerprint density at radius 3 is 2.26 bits per heavy atom. The number of rotatable bonds is 7. The van der Waals surface area contributed by atoms with E-state index in [1.807, 2.05) is 39.8 Å². The second kappa shape index (κ2) is 9.16. The Morgan fingerprint density at radius 2 is 1.67 bits per heavy atom. The molecule has 0 saturated carbocycles. The van der Waals surface area contributed by atoms with Gasteiger partial charge in [-0.3, -0.25) is 14.4 Å². The fourth-order valence-corrected chi connectivity index (χ4v) is 2.47. The number of carbonyl (C=O) groups is 2. The molecule has 0 aliphatic rings. The fourth-order valence-electron chi connectivity index (χ4n) is 2.47. The van der Waals surface area contributed by atoms with Crippen LogP contribution < -0.4 is 16.2 Å². The van der Waals surface area contributed by atoms with E-state index in [2.05, 4.69) is 15.6 Å². The summed E-state index contributed by atoms with van der Waals surface area (Å²) in [6.45, 7) is 8.19. The molecule has 0 aliphatic heterocycles. The van der Waals surface area contributed by atoms with Crippen molar-refractivity contribution in [2.24, 2.45) is 0 Å². The Labute approximate surface area is 159 Å². The zero-order chi connectivity index (χ0) is 20.0. The smallest absolute Gasteiger partial charge is 0.251 e. The van der Waals surface area contributed by atoms with Crippen LogP contribution in [0.2, 0.25) is 0 Å². The van der Waals surface area contributed by atoms with Gasteiger partial charge in [-0.05, 0) is 43.0 Å². The summed E-state index contributed by atoms with van der Waals surface area (Å²) in [5.74, 6) is -0.286. The highest BCUT2D eigenvalue weighted by Crippen LogP contribution is 2.11. The SMILES string of the molecule is CCC(C)NC(=O)c1ccc(CNC(=O)c2cc(C(C)C)[nH]c(=O)c2)cc1. The lowest BCUT2D eigenvalue weighted by atomic mass is 10.1. The van der Waals surface area contributed by atoms with Crippen molar-refractivity contribution in [3.05, 3.63) is 69.1 Å². The number of hydrogen-bond acceptors (Lipinski definition) is 3. The van der Waals surface area contributed by atoms with E-state index >= 15 is 0 Å². The minimum atomic E-state index is -0.304. The molecule has 0 spiro atoms. The number of carbonyl (C=O) groups excluding carboxylic acids is 2. The van der Waals surface area contributed by atoms with Gasteiger partial charge >= 0.3 is 0 Å². The van der Waals surface area contributed by atoms with Crippen LogP contribution in [0, 0.1) is 0 Å². The lowest BCUT2D eigenvalue weighted by molar-refractivity contribution is 0.0934. The van der Waals surface area contributed by atoms with E-state index in [0.717, 1.165) is 17.7 Å². The van der Waals surface area contributed by atoms with Gasteiger partial charge in [0.15, 0.2) is 0 Å². The van der Waals surface area contributed by atoms with Crippen LogP contribution in [0.25, 0.3) is 0 Å². The molecule has 6 heteroatoms. The number of hydrogen-bond donors (Lipinski definition) is 3. The third kappa shape index (κ3) is 5.81. The zero-order valence-corrected chi connectivity index (χ0v) is 16.3. The molecule has 2 rings (SSSR count). The molecule has 1 unspecified atom stereocenters. The first kappa shape index (κ1) is 20.4. The van der Waals surface area contributed by atoms with E-state index in [9.17, 15) is 14.4 Å². The van der Waals surface area contributed by atoms with E-state index in [4.69, 9.17) is 0 Å². The van der Waals surface area contributed by atoms with Crippen LogP contribution in [0.15, 0.2) is 41.2 Å².